The molecule has 2 N–H and O–H groups in total. The molecule has 0 spiro atoms. The Morgan fingerprint density at radius 2 is 2.05 bits per heavy atom. The van der Waals surface area contributed by atoms with Crippen molar-refractivity contribution in [3.8, 4) is 0 Å². The number of benzene rings is 2. The monoisotopic (exact) mass is 280 g/mol. The Morgan fingerprint density at radius 1 is 1.19 bits per heavy atom. The van der Waals surface area contributed by atoms with Crippen molar-refractivity contribution in [2.75, 3.05) is 18.5 Å². The van der Waals surface area contributed by atoms with Gasteiger partial charge in [0.25, 0.3) is 0 Å². The molecule has 2 aliphatic rings. The number of hydrogen-bond donors (Lipinski definition) is 2. The molecule has 2 atom stereocenters. The second-order valence-electron chi connectivity index (χ2n) is 6.06. The summed E-state index contributed by atoms with van der Waals surface area (Å²) in [6.07, 6.45) is 0.575. The van der Waals surface area contributed by atoms with Gasteiger partial charge in [-0.2, -0.15) is 0 Å². The summed E-state index contributed by atoms with van der Waals surface area (Å²) in [5.41, 5.74) is 6.18. The minimum absolute atomic E-state index is 0.00150. The molecular formula is C18H20N2O. The highest BCUT2D eigenvalue weighted by molar-refractivity contribution is 5.58. The van der Waals surface area contributed by atoms with E-state index in [-0.39, 0.29) is 6.04 Å². The molecule has 0 radical (unpaired) electrons. The van der Waals surface area contributed by atoms with Crippen LogP contribution in [0.15, 0.2) is 42.5 Å². The lowest BCUT2D eigenvalue weighted by Crippen LogP contribution is -2.20. The molecule has 2 unspecified atom stereocenters. The van der Waals surface area contributed by atoms with Crippen LogP contribution in [-0.2, 0) is 13.0 Å². The van der Waals surface area contributed by atoms with Crippen LogP contribution in [0.4, 0.5) is 5.69 Å². The van der Waals surface area contributed by atoms with Gasteiger partial charge in [0.1, 0.15) is 0 Å². The van der Waals surface area contributed by atoms with Crippen LogP contribution >= 0.6 is 0 Å². The van der Waals surface area contributed by atoms with E-state index in [1.165, 1.54) is 22.4 Å². The largest absolute Gasteiger partial charge is 0.386 e. The minimum atomic E-state index is -0.496. The minimum Gasteiger partial charge on any atom is -0.386 e. The van der Waals surface area contributed by atoms with Crippen LogP contribution in [0.3, 0.4) is 0 Å². The fourth-order valence-electron chi connectivity index (χ4n) is 3.57. The summed E-state index contributed by atoms with van der Waals surface area (Å²) in [6, 6.07) is 14.7. The van der Waals surface area contributed by atoms with E-state index < -0.39 is 6.10 Å². The maximum atomic E-state index is 10.8. The summed E-state index contributed by atoms with van der Waals surface area (Å²) >= 11 is 0. The van der Waals surface area contributed by atoms with Gasteiger partial charge in [-0.3, -0.25) is 0 Å². The van der Waals surface area contributed by atoms with E-state index in [0.717, 1.165) is 25.1 Å². The SMILES string of the molecule is CN1CCc2cc(C(O)C3NCc4ccccc43)ccc21. The average molecular weight is 280 g/mol. The second kappa shape index (κ2) is 4.86. The summed E-state index contributed by atoms with van der Waals surface area (Å²) < 4.78 is 0. The zero-order valence-corrected chi connectivity index (χ0v) is 12.2. The van der Waals surface area contributed by atoms with Gasteiger partial charge < -0.3 is 15.3 Å². The molecule has 2 aromatic rings. The first kappa shape index (κ1) is 12.9. The van der Waals surface area contributed by atoms with Crippen molar-refractivity contribution in [1.29, 1.82) is 0 Å². The predicted octanol–water partition coefficient (Wildman–Crippen LogP) is 2.56. The van der Waals surface area contributed by atoms with Gasteiger partial charge in [-0.05, 0) is 34.7 Å². The third kappa shape index (κ3) is 2.04. The summed E-state index contributed by atoms with van der Waals surface area (Å²) in [5, 5.41) is 14.2. The normalized spacial score (nSPS) is 21.2. The number of likely N-dealkylation sites (N-methyl/N-ethyl adjacent to an activating group) is 1. The van der Waals surface area contributed by atoms with Gasteiger partial charge in [-0.15, -0.1) is 0 Å². The summed E-state index contributed by atoms with van der Waals surface area (Å²) in [7, 11) is 2.12. The lowest BCUT2D eigenvalue weighted by atomic mass is 9.94. The van der Waals surface area contributed by atoms with Gasteiger partial charge in [-0.25, -0.2) is 0 Å². The molecule has 0 aliphatic carbocycles. The van der Waals surface area contributed by atoms with Crippen LogP contribution in [0, 0.1) is 0 Å². The first-order valence-corrected chi connectivity index (χ1v) is 7.57. The highest BCUT2D eigenvalue weighted by Gasteiger charge is 2.29. The van der Waals surface area contributed by atoms with Crippen LogP contribution in [0.5, 0.6) is 0 Å². The molecule has 0 fully saturated rings. The lowest BCUT2D eigenvalue weighted by Gasteiger charge is -2.21. The number of anilines is 1. The van der Waals surface area contributed by atoms with Crippen molar-refractivity contribution in [2.24, 2.45) is 0 Å². The molecule has 2 aliphatic heterocycles. The second-order valence-corrected chi connectivity index (χ2v) is 6.06. The van der Waals surface area contributed by atoms with Crippen molar-refractivity contribution in [3.63, 3.8) is 0 Å². The molecule has 4 rings (SSSR count). The van der Waals surface area contributed by atoms with Crippen molar-refractivity contribution >= 4 is 5.69 Å². The number of hydrogen-bond acceptors (Lipinski definition) is 3. The van der Waals surface area contributed by atoms with Crippen LogP contribution in [0.2, 0.25) is 0 Å². The summed E-state index contributed by atoms with van der Waals surface area (Å²) in [6.45, 7) is 1.91. The highest BCUT2D eigenvalue weighted by atomic mass is 16.3. The molecule has 0 saturated carbocycles. The zero-order valence-electron chi connectivity index (χ0n) is 12.2. The van der Waals surface area contributed by atoms with Gasteiger partial charge in [0.15, 0.2) is 0 Å². The molecule has 2 heterocycles. The van der Waals surface area contributed by atoms with Crippen LogP contribution in [-0.4, -0.2) is 18.7 Å². The number of fused-ring (bicyclic) bond motifs is 2. The molecule has 2 aromatic carbocycles. The summed E-state index contributed by atoms with van der Waals surface area (Å²) in [4.78, 5) is 2.27. The van der Waals surface area contributed by atoms with Gasteiger partial charge in [0.2, 0.25) is 0 Å². The first-order valence-electron chi connectivity index (χ1n) is 7.57. The van der Waals surface area contributed by atoms with E-state index in [9.17, 15) is 5.11 Å². The van der Waals surface area contributed by atoms with E-state index in [0.29, 0.717) is 0 Å². The standard InChI is InChI=1S/C18H20N2O/c1-20-9-8-12-10-13(6-7-16(12)20)18(21)17-15-5-3-2-4-14(15)11-19-17/h2-7,10,17-19,21H,8-9,11H2,1H3. The molecule has 3 nitrogen and oxygen atoms in total. The average Bonchev–Trinajstić information content (AvgIpc) is 3.10. The zero-order chi connectivity index (χ0) is 14.4. The molecular weight excluding hydrogens is 260 g/mol. The Labute approximate surface area is 125 Å². The maximum Gasteiger partial charge on any atom is 0.0985 e. The van der Waals surface area contributed by atoms with Gasteiger partial charge >= 0.3 is 0 Å². The lowest BCUT2D eigenvalue weighted by molar-refractivity contribution is 0.133. The van der Waals surface area contributed by atoms with Crippen LogP contribution in [0.25, 0.3) is 0 Å². The highest BCUT2D eigenvalue weighted by Crippen LogP contribution is 2.37. The number of rotatable bonds is 2. The van der Waals surface area contributed by atoms with E-state index in [4.69, 9.17) is 0 Å². The predicted molar refractivity (Wildman–Crippen MR) is 84.4 cm³/mol. The van der Waals surface area contributed by atoms with E-state index >= 15 is 0 Å². The Kier molecular flexibility index (Phi) is 2.98. The van der Waals surface area contributed by atoms with Crippen LogP contribution in [0.1, 0.15) is 34.4 Å². The van der Waals surface area contributed by atoms with Gasteiger partial charge in [0, 0.05) is 25.8 Å². The molecule has 3 heteroatoms. The number of nitrogens with zero attached hydrogens (tertiary/aromatic N) is 1. The van der Waals surface area contributed by atoms with Crippen molar-refractivity contribution in [1.82, 2.24) is 5.32 Å². The third-order valence-electron chi connectivity index (χ3n) is 4.79. The van der Waals surface area contributed by atoms with Crippen molar-refractivity contribution in [3.05, 3.63) is 64.7 Å². The molecule has 108 valence electrons. The Balaban J connectivity index is 1.66. The number of aliphatic hydroxyl groups is 1. The quantitative estimate of drug-likeness (QED) is 0.887. The Hall–Kier alpha value is -1.84. The maximum absolute atomic E-state index is 10.8. The number of aliphatic hydroxyl groups excluding tert-OH is 1. The van der Waals surface area contributed by atoms with E-state index in [1.54, 1.807) is 0 Å². The fraction of sp³-hybridized carbons (Fsp3) is 0.333. The van der Waals surface area contributed by atoms with Gasteiger partial charge in [0.05, 0.1) is 12.1 Å². The van der Waals surface area contributed by atoms with Crippen LogP contribution < -0.4 is 10.2 Å². The molecule has 21 heavy (non-hydrogen) atoms. The smallest absolute Gasteiger partial charge is 0.0985 e. The van der Waals surface area contributed by atoms with E-state index in [2.05, 4.69) is 53.7 Å². The molecule has 0 amide bonds. The van der Waals surface area contributed by atoms with Crippen molar-refractivity contribution < 1.29 is 5.11 Å². The summed E-state index contributed by atoms with van der Waals surface area (Å²) in [5.74, 6) is 0. The Morgan fingerprint density at radius 3 is 2.95 bits per heavy atom. The first-order chi connectivity index (χ1) is 10.2. The van der Waals surface area contributed by atoms with Crippen molar-refractivity contribution in [2.45, 2.75) is 25.1 Å². The van der Waals surface area contributed by atoms with Gasteiger partial charge in [-0.1, -0.05) is 36.4 Å². The topological polar surface area (TPSA) is 35.5 Å². The third-order valence-corrected chi connectivity index (χ3v) is 4.79. The molecule has 0 bridgehead atoms. The molecule has 0 saturated heterocycles. The molecule has 0 aromatic heterocycles. The Bertz CT molecular complexity index is 683. The number of nitrogens with one attached hydrogen (secondary N) is 1. The van der Waals surface area contributed by atoms with E-state index in [1.807, 2.05) is 6.07 Å². The fourth-order valence-corrected chi connectivity index (χ4v) is 3.57.